The topological polar surface area (TPSA) is 274 Å². The Hall–Kier alpha value is -4.88. The molecule has 2 atom stereocenters. The van der Waals surface area contributed by atoms with Gasteiger partial charge in [-0.25, -0.2) is 37.2 Å². The second-order valence-corrected chi connectivity index (χ2v) is 17.2. The second-order valence-electron chi connectivity index (χ2n) is 13.5. The summed E-state index contributed by atoms with van der Waals surface area (Å²) < 4.78 is 70.9. The summed E-state index contributed by atoms with van der Waals surface area (Å²) in [5, 5.41) is 44.5. The molecular weight excluding hydrogens is 789 g/mol. The van der Waals surface area contributed by atoms with Crippen LogP contribution < -0.4 is 15.7 Å². The molecule has 0 saturated heterocycles. The Labute approximate surface area is 330 Å². The molecule has 2 amide bonds. The number of carbonyl (C=O) groups excluding carboxylic acids is 2. The molecule has 23 heteroatoms. The largest absolute Gasteiger partial charge is 0.497 e. The monoisotopic (exact) mass is 836 g/mol. The number of aromatic nitrogens is 6. The zero-order chi connectivity index (χ0) is 41.9. The van der Waals surface area contributed by atoms with Crippen LogP contribution in [0.25, 0.3) is 0 Å². The van der Waals surface area contributed by atoms with E-state index >= 15 is 0 Å². The maximum Gasteiger partial charge on any atom is 0.262 e. The fraction of sp³-hybridized carbons (Fsp3) is 0.471. The van der Waals surface area contributed by atoms with Crippen molar-refractivity contribution < 1.29 is 51.4 Å². The first-order valence-electron chi connectivity index (χ1n) is 17.7. The van der Waals surface area contributed by atoms with Crippen molar-refractivity contribution in [2.45, 2.75) is 82.4 Å². The molecule has 2 aromatic heterocycles. The van der Waals surface area contributed by atoms with Crippen LogP contribution in [0.3, 0.4) is 0 Å². The molecule has 5 N–H and O–H groups in total. The van der Waals surface area contributed by atoms with Crippen molar-refractivity contribution in [2.24, 2.45) is 11.8 Å². The number of methoxy groups -OCH3 is 1. The molecule has 0 fully saturated rings. The number of hydroxylamine groups is 2. The van der Waals surface area contributed by atoms with E-state index in [0.717, 1.165) is 8.61 Å². The number of hydrogen-bond donors (Lipinski definition) is 5. The number of nitrogens with zero attached hydrogens (tertiary/aromatic N) is 8. The molecule has 57 heavy (non-hydrogen) atoms. The summed E-state index contributed by atoms with van der Waals surface area (Å²) in [6.45, 7) is 6.35. The van der Waals surface area contributed by atoms with E-state index in [9.17, 15) is 41.9 Å². The normalized spacial score (nSPS) is 13.3. The van der Waals surface area contributed by atoms with Gasteiger partial charge in [0, 0.05) is 12.4 Å². The van der Waals surface area contributed by atoms with E-state index in [1.165, 1.54) is 77.4 Å². The van der Waals surface area contributed by atoms with Crippen LogP contribution in [0, 0.1) is 11.8 Å². The van der Waals surface area contributed by atoms with Crippen molar-refractivity contribution >= 4 is 31.9 Å². The van der Waals surface area contributed by atoms with Crippen LogP contribution in [0.2, 0.25) is 0 Å². The molecule has 0 aliphatic carbocycles. The number of sulfonamides is 2. The van der Waals surface area contributed by atoms with E-state index in [1.54, 1.807) is 38.7 Å². The predicted molar refractivity (Wildman–Crippen MR) is 199 cm³/mol. The molecule has 0 saturated carbocycles. The van der Waals surface area contributed by atoms with Crippen LogP contribution in [0.1, 0.15) is 44.6 Å². The van der Waals surface area contributed by atoms with Gasteiger partial charge in [-0.2, -0.15) is 8.61 Å². The third-order valence-corrected chi connectivity index (χ3v) is 12.4. The number of benzene rings is 2. The van der Waals surface area contributed by atoms with Crippen LogP contribution in [-0.4, -0.2) is 115 Å². The highest BCUT2D eigenvalue weighted by molar-refractivity contribution is 7.89. The molecule has 0 radical (unpaired) electrons. The van der Waals surface area contributed by atoms with E-state index in [1.807, 2.05) is 0 Å². The Morgan fingerprint density at radius 3 is 1.47 bits per heavy atom. The summed E-state index contributed by atoms with van der Waals surface area (Å²) in [5.74, 6) is -2.49. The minimum absolute atomic E-state index is 0.0960. The third kappa shape index (κ3) is 11.2. The lowest BCUT2D eigenvalue weighted by atomic mass is 10.0. The zero-order valence-corrected chi connectivity index (χ0v) is 33.7. The van der Waals surface area contributed by atoms with Gasteiger partial charge in [-0.1, -0.05) is 50.3 Å². The minimum Gasteiger partial charge on any atom is -0.497 e. The fourth-order valence-electron chi connectivity index (χ4n) is 5.89. The van der Waals surface area contributed by atoms with Gasteiger partial charge >= 0.3 is 0 Å². The number of carbonyl (C=O) groups is 2. The van der Waals surface area contributed by atoms with Crippen molar-refractivity contribution in [3.05, 3.63) is 77.9 Å². The number of ether oxygens (including phenoxy) is 2. The molecular formula is C34H48N10O11S2. The van der Waals surface area contributed by atoms with E-state index in [-0.39, 0.29) is 67.2 Å². The van der Waals surface area contributed by atoms with Gasteiger partial charge in [-0.3, -0.25) is 20.0 Å². The Kier molecular flexibility index (Phi) is 15.7. The van der Waals surface area contributed by atoms with Crippen molar-refractivity contribution in [1.29, 1.82) is 0 Å². The third-order valence-electron chi connectivity index (χ3n) is 8.76. The first-order chi connectivity index (χ1) is 27.1. The van der Waals surface area contributed by atoms with Gasteiger partial charge in [-0.05, 0) is 53.8 Å². The Morgan fingerprint density at radius 2 is 1.12 bits per heavy atom. The van der Waals surface area contributed by atoms with Gasteiger partial charge in [0.1, 0.15) is 17.8 Å². The summed E-state index contributed by atoms with van der Waals surface area (Å²) in [7, 11) is -7.14. The van der Waals surface area contributed by atoms with Crippen LogP contribution in [-0.2, 0) is 67.2 Å². The lowest BCUT2D eigenvalue weighted by molar-refractivity contribution is -0.135. The molecule has 21 nitrogen and oxygen atoms in total. The van der Waals surface area contributed by atoms with Crippen LogP contribution in [0.5, 0.6) is 5.75 Å². The molecule has 312 valence electrons. The number of hydrogen-bond acceptors (Lipinski definition) is 15. The quantitative estimate of drug-likeness (QED) is 0.0410. The van der Waals surface area contributed by atoms with Crippen molar-refractivity contribution in [1.82, 2.24) is 49.6 Å². The molecule has 0 aliphatic heterocycles. The number of amides is 2. The summed E-state index contributed by atoms with van der Waals surface area (Å²) in [6, 6.07) is 8.61. The van der Waals surface area contributed by atoms with Gasteiger partial charge in [0.25, 0.3) is 11.8 Å². The molecule has 2 heterocycles. The maximum atomic E-state index is 13.8. The maximum absolute atomic E-state index is 13.8. The lowest BCUT2D eigenvalue weighted by Crippen LogP contribution is -2.51. The first-order valence-corrected chi connectivity index (χ1v) is 20.6. The highest BCUT2D eigenvalue weighted by Crippen LogP contribution is 2.27. The van der Waals surface area contributed by atoms with Crippen LogP contribution in [0.15, 0.2) is 70.7 Å². The van der Waals surface area contributed by atoms with Crippen molar-refractivity contribution in [3.8, 4) is 5.75 Å². The standard InChI is InChI=1S/C34H48N10O11S2/c1-23(2)31(33(46)37-48)43(56(50,51)29-10-6-25(22-45)7-11-29)20-26-18-41(39-35-26)14-16-55-17-15-42-19-27(36-40-42)21-44(32(24(3)4)34(47)38-49)57(52,53)30-12-8-28(54-5)9-13-30/h6-13,18-19,23-24,31-32,45,48-49H,14-17,20-22H2,1-5H3,(H,37,46)(H,38,47)/t31-,32+/m0/s1. The molecule has 4 rings (SSSR count). The van der Waals surface area contributed by atoms with E-state index in [0.29, 0.717) is 11.3 Å². The zero-order valence-electron chi connectivity index (χ0n) is 32.0. The van der Waals surface area contributed by atoms with E-state index < -0.39 is 55.8 Å². The number of aliphatic hydroxyl groups excluding tert-OH is 1. The van der Waals surface area contributed by atoms with Gasteiger partial charge in [0.05, 0.1) is 74.3 Å². The van der Waals surface area contributed by atoms with Crippen LogP contribution >= 0.6 is 0 Å². The van der Waals surface area contributed by atoms with Gasteiger partial charge < -0.3 is 14.6 Å². The van der Waals surface area contributed by atoms with Gasteiger partial charge in [0.2, 0.25) is 20.0 Å². The van der Waals surface area contributed by atoms with Crippen LogP contribution in [0.4, 0.5) is 0 Å². The summed E-state index contributed by atoms with van der Waals surface area (Å²) in [4.78, 5) is 25.2. The summed E-state index contributed by atoms with van der Waals surface area (Å²) in [5.41, 5.74) is 4.06. The Morgan fingerprint density at radius 1 is 0.719 bits per heavy atom. The second kappa shape index (κ2) is 20.0. The average molecular weight is 837 g/mol. The SMILES string of the molecule is COc1ccc(S(=O)(=O)N(Cc2cn(CCOCCn3cc(CN([C@H](C(=O)NO)C(C)C)S(=O)(=O)c4ccc(CO)cc4)nn3)nn2)[C@@H](C(=O)NO)C(C)C)cc1. The number of nitrogens with one attached hydrogen (secondary N) is 2. The highest BCUT2D eigenvalue weighted by Gasteiger charge is 2.40. The average Bonchev–Trinajstić information content (AvgIpc) is 3.85. The Bertz CT molecular complexity index is 1990. The van der Waals surface area contributed by atoms with E-state index in [2.05, 4.69) is 20.6 Å². The number of aliphatic hydroxyl groups is 1. The summed E-state index contributed by atoms with van der Waals surface area (Å²) in [6.07, 6.45) is 3.02. The van der Waals surface area contributed by atoms with Gasteiger partial charge in [0.15, 0.2) is 0 Å². The molecule has 0 aliphatic rings. The molecule has 0 bridgehead atoms. The highest BCUT2D eigenvalue weighted by atomic mass is 32.2. The predicted octanol–water partition coefficient (Wildman–Crippen LogP) is 0.529. The van der Waals surface area contributed by atoms with E-state index in [4.69, 9.17) is 9.47 Å². The molecule has 2 aromatic carbocycles. The first kappa shape index (κ1) is 44.8. The molecule has 4 aromatic rings. The van der Waals surface area contributed by atoms with Crippen molar-refractivity contribution in [2.75, 3.05) is 20.3 Å². The fourth-order valence-corrected chi connectivity index (χ4v) is 9.28. The van der Waals surface area contributed by atoms with Gasteiger partial charge in [-0.15, -0.1) is 10.2 Å². The molecule has 0 unspecified atom stereocenters. The molecule has 0 spiro atoms. The van der Waals surface area contributed by atoms with Crippen molar-refractivity contribution in [3.63, 3.8) is 0 Å². The minimum atomic E-state index is -4.31. The smallest absolute Gasteiger partial charge is 0.262 e. The Balaban J connectivity index is 1.39. The lowest BCUT2D eigenvalue weighted by Gasteiger charge is -2.31. The summed E-state index contributed by atoms with van der Waals surface area (Å²) >= 11 is 0. The number of rotatable bonds is 22.